The number of esters is 1. The Labute approximate surface area is 212 Å². The van der Waals surface area contributed by atoms with E-state index in [1.807, 2.05) is 0 Å². The number of nitrogens with zero attached hydrogens (tertiary/aromatic N) is 3. The summed E-state index contributed by atoms with van der Waals surface area (Å²) in [5, 5.41) is 0. The second-order valence-electron chi connectivity index (χ2n) is 7.91. The predicted molar refractivity (Wildman–Crippen MR) is 131 cm³/mol. The van der Waals surface area contributed by atoms with Crippen LogP contribution in [0.2, 0.25) is 0 Å². The van der Waals surface area contributed by atoms with Crippen LogP contribution >= 0.6 is 0 Å². The molecule has 1 aliphatic rings. The minimum atomic E-state index is -4.23. The molecule has 1 atom stereocenters. The number of ether oxygens (including phenoxy) is 3. The molecule has 2 aromatic carbocycles. The topological polar surface area (TPSA) is 108 Å². The van der Waals surface area contributed by atoms with Gasteiger partial charge in [-0.15, -0.1) is 0 Å². The van der Waals surface area contributed by atoms with Gasteiger partial charge in [0.15, 0.2) is 5.82 Å². The van der Waals surface area contributed by atoms with E-state index in [2.05, 4.69) is 19.4 Å². The van der Waals surface area contributed by atoms with E-state index in [4.69, 9.17) is 4.74 Å². The number of sulfonamides is 1. The number of rotatable bonds is 9. The summed E-state index contributed by atoms with van der Waals surface area (Å²) >= 11 is 0. The molecule has 194 valence electrons. The van der Waals surface area contributed by atoms with Gasteiger partial charge in [0.2, 0.25) is 0 Å². The van der Waals surface area contributed by atoms with E-state index >= 15 is 0 Å². The third kappa shape index (κ3) is 6.39. The van der Waals surface area contributed by atoms with Crippen molar-refractivity contribution in [3.05, 3.63) is 72.3 Å². The second-order valence-corrected chi connectivity index (χ2v) is 9.77. The van der Waals surface area contributed by atoms with Crippen molar-refractivity contribution in [2.45, 2.75) is 30.5 Å². The highest BCUT2D eigenvalue weighted by Crippen LogP contribution is 2.39. The fraction of sp³-hybridized carbons (Fsp3) is 0.240. The zero-order chi connectivity index (χ0) is 26.4. The number of alkyl halides is 2. The van der Waals surface area contributed by atoms with Crippen molar-refractivity contribution in [1.29, 1.82) is 0 Å². The van der Waals surface area contributed by atoms with Crippen LogP contribution in [0.3, 0.4) is 0 Å². The van der Waals surface area contributed by atoms with Crippen LogP contribution in [0.15, 0.2) is 65.8 Å². The van der Waals surface area contributed by atoms with Crippen LogP contribution in [-0.4, -0.2) is 50.7 Å². The Hall–Kier alpha value is -4.06. The van der Waals surface area contributed by atoms with Gasteiger partial charge in [-0.25, -0.2) is 18.4 Å². The van der Waals surface area contributed by atoms with E-state index in [-0.39, 0.29) is 41.5 Å². The SMILES string of the molecule is COC(=O)CCC1CN(S(=O)(=O)c2cccc(OC(F)F)c2)c2cc(C=Cc3ncccn3)ccc2O1. The highest BCUT2D eigenvalue weighted by molar-refractivity contribution is 7.92. The fourth-order valence-corrected chi connectivity index (χ4v) is 5.23. The van der Waals surface area contributed by atoms with Crippen LogP contribution in [-0.2, 0) is 19.6 Å². The molecule has 0 bridgehead atoms. The molecule has 0 N–H and O–H groups in total. The molecule has 4 rings (SSSR count). The zero-order valence-electron chi connectivity index (χ0n) is 19.7. The van der Waals surface area contributed by atoms with Crippen LogP contribution in [0.1, 0.15) is 24.2 Å². The molecule has 3 aromatic rings. The van der Waals surface area contributed by atoms with Crippen molar-refractivity contribution in [3.63, 3.8) is 0 Å². The number of fused-ring (bicyclic) bond motifs is 1. The Kier molecular flexibility index (Phi) is 7.97. The number of aromatic nitrogens is 2. The highest BCUT2D eigenvalue weighted by Gasteiger charge is 2.35. The highest BCUT2D eigenvalue weighted by atomic mass is 32.2. The standard InChI is InChI=1S/C25H23F2N3O6S/c1-34-24(31)11-8-19-16-30(37(32,33)20-5-2-4-18(15-20)36-25(26)27)21-14-17(6-9-22(21)35-19)7-10-23-28-12-3-13-29-23/h2-7,9-10,12-15,19,25H,8,11,16H2,1H3. The van der Waals surface area contributed by atoms with E-state index in [1.54, 1.807) is 48.8 Å². The number of anilines is 1. The summed E-state index contributed by atoms with van der Waals surface area (Å²) in [6.07, 6.45) is 6.18. The minimum Gasteiger partial charge on any atom is -0.486 e. The van der Waals surface area contributed by atoms with Crippen molar-refractivity contribution in [2.24, 2.45) is 0 Å². The van der Waals surface area contributed by atoms with E-state index in [0.717, 1.165) is 10.4 Å². The van der Waals surface area contributed by atoms with Crippen molar-refractivity contribution in [3.8, 4) is 11.5 Å². The molecule has 1 unspecified atom stereocenters. The molecule has 12 heteroatoms. The lowest BCUT2D eigenvalue weighted by atomic mass is 10.1. The van der Waals surface area contributed by atoms with Gasteiger partial charge in [0.25, 0.3) is 10.0 Å². The maximum Gasteiger partial charge on any atom is 0.387 e. The summed E-state index contributed by atoms with van der Waals surface area (Å²) in [5.41, 5.74) is 0.906. The Morgan fingerprint density at radius 3 is 2.68 bits per heavy atom. The van der Waals surface area contributed by atoms with Crippen molar-refractivity contribution in [1.82, 2.24) is 9.97 Å². The number of benzene rings is 2. The molecule has 2 heterocycles. The van der Waals surface area contributed by atoms with Crippen LogP contribution < -0.4 is 13.8 Å². The van der Waals surface area contributed by atoms with E-state index in [0.29, 0.717) is 11.4 Å². The number of halogens is 2. The van der Waals surface area contributed by atoms with Crippen LogP contribution in [0.25, 0.3) is 12.2 Å². The molecular weight excluding hydrogens is 508 g/mol. The maximum atomic E-state index is 13.7. The lowest BCUT2D eigenvalue weighted by molar-refractivity contribution is -0.141. The molecule has 0 radical (unpaired) electrons. The normalized spacial score (nSPS) is 15.4. The number of carbonyl (C=O) groups is 1. The number of hydrogen-bond acceptors (Lipinski definition) is 8. The number of hydrogen-bond donors (Lipinski definition) is 0. The van der Waals surface area contributed by atoms with Crippen molar-refractivity contribution >= 4 is 33.8 Å². The number of carbonyl (C=O) groups excluding carboxylic acids is 1. The molecule has 0 saturated heterocycles. The lowest BCUT2D eigenvalue weighted by Gasteiger charge is -2.35. The van der Waals surface area contributed by atoms with Gasteiger partial charge in [-0.3, -0.25) is 9.10 Å². The summed E-state index contributed by atoms with van der Waals surface area (Å²) < 4.78 is 69.1. The Morgan fingerprint density at radius 2 is 1.95 bits per heavy atom. The quantitative estimate of drug-likeness (QED) is 0.379. The average Bonchev–Trinajstić information content (AvgIpc) is 2.90. The molecule has 0 aliphatic carbocycles. The van der Waals surface area contributed by atoms with Gasteiger partial charge in [0, 0.05) is 24.9 Å². The van der Waals surface area contributed by atoms with Crippen molar-refractivity contribution in [2.75, 3.05) is 18.0 Å². The molecule has 0 amide bonds. The van der Waals surface area contributed by atoms with Gasteiger partial charge in [0.1, 0.15) is 17.6 Å². The molecule has 9 nitrogen and oxygen atoms in total. The summed E-state index contributed by atoms with van der Waals surface area (Å²) in [6, 6.07) is 11.6. The first kappa shape index (κ1) is 26.0. The van der Waals surface area contributed by atoms with Gasteiger partial charge < -0.3 is 14.2 Å². The average molecular weight is 532 g/mol. The number of methoxy groups -OCH3 is 1. The van der Waals surface area contributed by atoms with Crippen LogP contribution in [0, 0.1) is 0 Å². The molecular formula is C25H23F2N3O6S. The summed E-state index contributed by atoms with van der Waals surface area (Å²) in [6.45, 7) is -3.21. The van der Waals surface area contributed by atoms with Gasteiger partial charge in [-0.1, -0.05) is 18.2 Å². The summed E-state index contributed by atoms with van der Waals surface area (Å²) in [5.74, 6) is 0.0214. The van der Waals surface area contributed by atoms with Gasteiger partial charge in [-0.05, 0) is 48.4 Å². The Morgan fingerprint density at radius 1 is 1.16 bits per heavy atom. The summed E-state index contributed by atoms with van der Waals surface area (Å²) in [4.78, 5) is 19.7. The molecule has 1 aliphatic heterocycles. The molecule has 0 spiro atoms. The monoisotopic (exact) mass is 531 g/mol. The fourth-order valence-electron chi connectivity index (χ4n) is 3.70. The predicted octanol–water partition coefficient (Wildman–Crippen LogP) is 4.16. The first-order chi connectivity index (χ1) is 17.8. The van der Waals surface area contributed by atoms with Crippen molar-refractivity contribution < 1.29 is 36.2 Å². The molecule has 1 aromatic heterocycles. The third-order valence-electron chi connectivity index (χ3n) is 5.44. The van der Waals surface area contributed by atoms with E-state index in [1.165, 1.54) is 25.3 Å². The Balaban J connectivity index is 1.71. The summed E-state index contributed by atoms with van der Waals surface area (Å²) in [7, 11) is -2.97. The second kappa shape index (κ2) is 11.3. The maximum absolute atomic E-state index is 13.7. The molecule has 0 fully saturated rings. The van der Waals surface area contributed by atoms with Gasteiger partial charge >= 0.3 is 12.6 Å². The van der Waals surface area contributed by atoms with E-state index < -0.39 is 28.7 Å². The Bertz CT molecular complexity index is 1390. The first-order valence-corrected chi connectivity index (χ1v) is 12.6. The molecule has 0 saturated carbocycles. The van der Waals surface area contributed by atoms with Gasteiger partial charge in [0.05, 0.1) is 24.2 Å². The lowest BCUT2D eigenvalue weighted by Crippen LogP contribution is -2.43. The zero-order valence-corrected chi connectivity index (χ0v) is 20.5. The van der Waals surface area contributed by atoms with Crippen LogP contribution in [0.5, 0.6) is 11.5 Å². The van der Waals surface area contributed by atoms with E-state index in [9.17, 15) is 22.0 Å². The smallest absolute Gasteiger partial charge is 0.387 e. The van der Waals surface area contributed by atoms with Crippen LogP contribution in [0.4, 0.5) is 14.5 Å². The third-order valence-corrected chi connectivity index (χ3v) is 7.22. The first-order valence-electron chi connectivity index (χ1n) is 11.2. The minimum absolute atomic E-state index is 0.0278. The largest absolute Gasteiger partial charge is 0.486 e. The van der Waals surface area contributed by atoms with Gasteiger partial charge in [-0.2, -0.15) is 8.78 Å². The molecule has 37 heavy (non-hydrogen) atoms.